The van der Waals surface area contributed by atoms with E-state index < -0.39 is 5.82 Å². The van der Waals surface area contributed by atoms with E-state index in [1.165, 1.54) is 12.1 Å². The minimum absolute atomic E-state index is 0.283. The Kier molecular flexibility index (Phi) is 4.61. The van der Waals surface area contributed by atoms with E-state index >= 15 is 0 Å². The van der Waals surface area contributed by atoms with E-state index in [2.05, 4.69) is 10.3 Å². The second-order valence-corrected chi connectivity index (χ2v) is 5.43. The zero-order valence-electron chi connectivity index (χ0n) is 12.9. The maximum atomic E-state index is 13.5. The van der Waals surface area contributed by atoms with E-state index in [9.17, 15) is 14.6 Å². The van der Waals surface area contributed by atoms with Crippen LogP contribution in [0.2, 0.25) is 0 Å². The van der Waals surface area contributed by atoms with Crippen molar-refractivity contribution in [3.63, 3.8) is 0 Å². The van der Waals surface area contributed by atoms with Crippen LogP contribution in [0.15, 0.2) is 60.9 Å². The summed E-state index contributed by atoms with van der Waals surface area (Å²) >= 11 is 0. The minimum Gasteiger partial charge on any atom is -0.508 e. The van der Waals surface area contributed by atoms with Crippen LogP contribution in [0.3, 0.4) is 0 Å². The van der Waals surface area contributed by atoms with Crippen LogP contribution in [0.4, 0.5) is 10.1 Å². The summed E-state index contributed by atoms with van der Waals surface area (Å²) in [6, 6.07) is 13.3. The minimum atomic E-state index is -0.662. The van der Waals surface area contributed by atoms with Gasteiger partial charge in [-0.25, -0.2) is 4.39 Å². The Morgan fingerprint density at radius 1 is 0.917 bits per heavy atom. The van der Waals surface area contributed by atoms with Crippen molar-refractivity contribution >= 4 is 5.69 Å². The number of phenolic OH excluding ortho intramolecular Hbond substituents is 2. The molecule has 0 aliphatic rings. The molecule has 0 bridgehead atoms. The first kappa shape index (κ1) is 15.8. The molecule has 2 aromatic carbocycles. The summed E-state index contributed by atoms with van der Waals surface area (Å²) in [5.74, 6) is -0.750. The van der Waals surface area contributed by atoms with Crippen LogP contribution in [0.25, 0.3) is 11.1 Å². The number of aromatic hydroxyl groups is 2. The van der Waals surface area contributed by atoms with Crippen molar-refractivity contribution in [2.24, 2.45) is 0 Å². The lowest BCUT2D eigenvalue weighted by Crippen LogP contribution is -2.05. The van der Waals surface area contributed by atoms with E-state index in [1.807, 2.05) is 18.2 Å². The van der Waals surface area contributed by atoms with Crippen molar-refractivity contribution in [2.75, 3.05) is 11.9 Å². The largest absolute Gasteiger partial charge is 0.508 e. The average molecular weight is 324 g/mol. The standard InChI is InChI=1S/C19H17FN2O2/c20-17-10-14(5-6-19(17)24)15-9-16(12-21-11-15)22-8-7-13-3-1-2-4-18(13)23/h1-6,9-12,22-24H,7-8H2. The van der Waals surface area contributed by atoms with Crippen molar-refractivity contribution in [2.45, 2.75) is 6.42 Å². The molecule has 0 atom stereocenters. The van der Waals surface area contributed by atoms with Gasteiger partial charge in [-0.3, -0.25) is 4.98 Å². The zero-order valence-corrected chi connectivity index (χ0v) is 12.9. The average Bonchev–Trinajstić information content (AvgIpc) is 2.59. The lowest BCUT2D eigenvalue weighted by molar-refractivity contribution is 0.432. The summed E-state index contributed by atoms with van der Waals surface area (Å²) in [7, 11) is 0. The van der Waals surface area contributed by atoms with Crippen LogP contribution in [-0.2, 0) is 6.42 Å². The Balaban J connectivity index is 1.69. The fourth-order valence-corrected chi connectivity index (χ4v) is 2.44. The summed E-state index contributed by atoms with van der Waals surface area (Å²) < 4.78 is 13.5. The molecule has 1 aromatic heterocycles. The summed E-state index contributed by atoms with van der Waals surface area (Å²) in [4.78, 5) is 4.16. The number of pyridine rings is 1. The molecular formula is C19H17FN2O2. The summed E-state index contributed by atoms with van der Waals surface area (Å²) in [5.41, 5.74) is 3.06. The number of benzene rings is 2. The predicted molar refractivity (Wildman–Crippen MR) is 91.6 cm³/mol. The van der Waals surface area contributed by atoms with Crippen molar-refractivity contribution < 1.29 is 14.6 Å². The molecule has 3 rings (SSSR count). The first-order valence-electron chi connectivity index (χ1n) is 7.58. The van der Waals surface area contributed by atoms with Crippen LogP contribution >= 0.6 is 0 Å². The Hall–Kier alpha value is -3.08. The highest BCUT2D eigenvalue weighted by atomic mass is 19.1. The van der Waals surface area contributed by atoms with Crippen LogP contribution in [0, 0.1) is 5.82 Å². The van der Waals surface area contributed by atoms with Gasteiger partial charge >= 0.3 is 0 Å². The molecule has 4 nitrogen and oxygen atoms in total. The number of halogens is 1. The highest BCUT2D eigenvalue weighted by Crippen LogP contribution is 2.26. The fourth-order valence-electron chi connectivity index (χ4n) is 2.44. The van der Waals surface area contributed by atoms with Gasteiger partial charge in [0.15, 0.2) is 11.6 Å². The highest BCUT2D eigenvalue weighted by molar-refractivity contribution is 5.67. The summed E-state index contributed by atoms with van der Waals surface area (Å²) in [6.45, 7) is 0.632. The lowest BCUT2D eigenvalue weighted by Gasteiger charge is -2.09. The SMILES string of the molecule is Oc1ccc(-c2cncc(NCCc3ccccc3O)c2)cc1F. The smallest absolute Gasteiger partial charge is 0.165 e. The zero-order chi connectivity index (χ0) is 16.9. The van der Waals surface area contributed by atoms with Crippen molar-refractivity contribution in [3.8, 4) is 22.6 Å². The molecule has 0 amide bonds. The van der Waals surface area contributed by atoms with Crippen molar-refractivity contribution in [1.29, 1.82) is 0 Å². The third-order valence-corrected chi connectivity index (χ3v) is 3.73. The van der Waals surface area contributed by atoms with Crippen LogP contribution in [0.1, 0.15) is 5.56 Å². The molecule has 0 fully saturated rings. The second kappa shape index (κ2) is 7.00. The molecule has 122 valence electrons. The molecular weight excluding hydrogens is 307 g/mol. The van der Waals surface area contributed by atoms with E-state index in [0.717, 1.165) is 16.8 Å². The van der Waals surface area contributed by atoms with Gasteiger partial charge in [-0.2, -0.15) is 0 Å². The molecule has 0 spiro atoms. The van der Waals surface area contributed by atoms with E-state index in [-0.39, 0.29) is 11.5 Å². The van der Waals surface area contributed by atoms with Crippen molar-refractivity contribution in [1.82, 2.24) is 4.98 Å². The monoisotopic (exact) mass is 324 g/mol. The molecule has 3 N–H and O–H groups in total. The topological polar surface area (TPSA) is 65.4 Å². The third kappa shape index (κ3) is 3.63. The van der Waals surface area contributed by atoms with Gasteiger partial charge in [0.05, 0.1) is 5.69 Å². The van der Waals surface area contributed by atoms with Crippen LogP contribution in [0.5, 0.6) is 11.5 Å². The Morgan fingerprint density at radius 3 is 2.54 bits per heavy atom. The number of rotatable bonds is 5. The van der Waals surface area contributed by atoms with Gasteiger partial charge in [-0.05, 0) is 41.8 Å². The molecule has 0 saturated heterocycles. The van der Waals surface area contributed by atoms with Gasteiger partial charge in [-0.1, -0.05) is 24.3 Å². The maximum absolute atomic E-state index is 13.5. The van der Waals surface area contributed by atoms with E-state index in [0.29, 0.717) is 18.5 Å². The lowest BCUT2D eigenvalue weighted by atomic mass is 10.1. The number of nitrogens with zero attached hydrogens (tertiary/aromatic N) is 1. The summed E-state index contributed by atoms with van der Waals surface area (Å²) in [5, 5.41) is 22.3. The van der Waals surface area contributed by atoms with Gasteiger partial charge in [0.2, 0.25) is 0 Å². The molecule has 24 heavy (non-hydrogen) atoms. The normalized spacial score (nSPS) is 10.5. The van der Waals surface area contributed by atoms with Crippen molar-refractivity contribution in [3.05, 3.63) is 72.3 Å². The predicted octanol–water partition coefficient (Wildman–Crippen LogP) is 3.95. The van der Waals surface area contributed by atoms with Crippen LogP contribution in [-0.4, -0.2) is 21.7 Å². The third-order valence-electron chi connectivity index (χ3n) is 3.73. The molecule has 0 saturated carbocycles. The number of hydrogen-bond donors (Lipinski definition) is 3. The highest BCUT2D eigenvalue weighted by Gasteiger charge is 2.05. The molecule has 5 heteroatoms. The van der Waals surface area contributed by atoms with Crippen LogP contribution < -0.4 is 5.32 Å². The number of phenols is 2. The fraction of sp³-hybridized carbons (Fsp3) is 0.105. The molecule has 3 aromatic rings. The Bertz CT molecular complexity index is 852. The molecule has 0 aliphatic carbocycles. The Morgan fingerprint density at radius 2 is 1.75 bits per heavy atom. The number of para-hydroxylation sites is 1. The van der Waals surface area contributed by atoms with Gasteiger partial charge in [0.1, 0.15) is 5.75 Å². The van der Waals surface area contributed by atoms with Gasteiger partial charge in [0.25, 0.3) is 0 Å². The first-order valence-corrected chi connectivity index (χ1v) is 7.58. The Labute approximate surface area is 139 Å². The molecule has 0 radical (unpaired) electrons. The van der Waals surface area contributed by atoms with E-state index in [1.54, 1.807) is 30.6 Å². The maximum Gasteiger partial charge on any atom is 0.165 e. The van der Waals surface area contributed by atoms with Gasteiger partial charge in [0, 0.05) is 24.5 Å². The van der Waals surface area contributed by atoms with Gasteiger partial charge < -0.3 is 15.5 Å². The number of aromatic nitrogens is 1. The van der Waals surface area contributed by atoms with E-state index in [4.69, 9.17) is 0 Å². The molecule has 1 heterocycles. The molecule has 0 unspecified atom stereocenters. The summed E-state index contributed by atoms with van der Waals surface area (Å²) in [6.07, 6.45) is 4.00. The quantitative estimate of drug-likeness (QED) is 0.665. The number of hydrogen-bond acceptors (Lipinski definition) is 4. The first-order chi connectivity index (χ1) is 11.6. The van der Waals surface area contributed by atoms with Gasteiger partial charge in [-0.15, -0.1) is 0 Å². The number of anilines is 1. The molecule has 0 aliphatic heterocycles. The second-order valence-electron chi connectivity index (χ2n) is 5.43. The number of nitrogens with one attached hydrogen (secondary N) is 1.